The lowest BCUT2D eigenvalue weighted by Crippen LogP contribution is -2.25. The minimum Gasteiger partial charge on any atom is -0.477 e. The van der Waals surface area contributed by atoms with Crippen LogP contribution in [0.15, 0.2) is 35.5 Å². The van der Waals surface area contributed by atoms with Crippen molar-refractivity contribution in [3.8, 4) is 0 Å². The van der Waals surface area contributed by atoms with E-state index in [1.54, 1.807) is 18.2 Å². The molecule has 2 N–H and O–H groups in total. The van der Waals surface area contributed by atoms with Gasteiger partial charge in [-0.1, -0.05) is 27.2 Å². The van der Waals surface area contributed by atoms with Crippen LogP contribution >= 0.6 is 0 Å². The minimum atomic E-state index is -1.35. The molecule has 2 aromatic heterocycles. The van der Waals surface area contributed by atoms with Gasteiger partial charge in [-0.15, -0.1) is 0 Å². The molecule has 0 aliphatic rings. The van der Waals surface area contributed by atoms with Gasteiger partial charge in [-0.2, -0.15) is 0 Å². The largest absolute Gasteiger partial charge is 0.477 e. The number of nitrogens with zero attached hydrogens (tertiary/aromatic N) is 3. The van der Waals surface area contributed by atoms with Crippen molar-refractivity contribution >= 4 is 34.1 Å². The molecule has 0 saturated carbocycles. The highest BCUT2D eigenvalue weighted by Crippen LogP contribution is 2.22. The van der Waals surface area contributed by atoms with Gasteiger partial charge in [0, 0.05) is 23.2 Å². The number of aromatic nitrogens is 3. The van der Waals surface area contributed by atoms with Crippen LogP contribution in [0.3, 0.4) is 0 Å². The van der Waals surface area contributed by atoms with E-state index in [1.165, 1.54) is 6.33 Å². The lowest BCUT2D eigenvalue weighted by Gasteiger charge is -2.18. The molecule has 27 heavy (non-hydrogen) atoms. The molecule has 3 rings (SSSR count). The molecule has 0 aliphatic carbocycles. The molecule has 0 radical (unpaired) electrons. The molecule has 140 valence electrons. The number of fused-ring (bicyclic) bond motifs is 3. The molecule has 2 unspecified atom stereocenters. The number of hydrogen-bond acceptors (Lipinski definition) is 5. The van der Waals surface area contributed by atoms with Gasteiger partial charge in [-0.25, -0.2) is 19.2 Å². The Labute approximate surface area is 154 Å². The molecule has 3 aromatic rings. The Balaban J connectivity index is 2.07. The standard InChI is InChI=1S/C19H20N4O4/c1-4-10(2)11(3)17(24)22-12-5-6-15-13(7-12)16-20-8-14(19(26)27)18(25)23(16)9-21-15/h5-11H,4H2,1-3H3,(H,22,24)(H,26,27). The highest BCUT2D eigenvalue weighted by molar-refractivity contribution is 5.98. The van der Waals surface area contributed by atoms with Crippen molar-refractivity contribution in [1.29, 1.82) is 0 Å². The van der Waals surface area contributed by atoms with E-state index >= 15 is 0 Å². The SMILES string of the molecule is CCC(C)C(C)C(=O)Nc1ccc2ncn3c(=O)c(C(=O)O)cnc3c2c1. The third-order valence-corrected chi connectivity index (χ3v) is 4.95. The van der Waals surface area contributed by atoms with Crippen LogP contribution in [0.25, 0.3) is 16.6 Å². The lowest BCUT2D eigenvalue weighted by molar-refractivity contribution is -0.120. The maximum absolute atomic E-state index is 12.4. The van der Waals surface area contributed by atoms with Crippen LogP contribution < -0.4 is 10.9 Å². The maximum atomic E-state index is 12.4. The third kappa shape index (κ3) is 3.38. The van der Waals surface area contributed by atoms with Gasteiger partial charge < -0.3 is 10.4 Å². The molecule has 8 heteroatoms. The number of amides is 1. The third-order valence-electron chi connectivity index (χ3n) is 4.95. The second-order valence-electron chi connectivity index (χ2n) is 6.62. The molecule has 0 spiro atoms. The van der Waals surface area contributed by atoms with Crippen LogP contribution in [-0.2, 0) is 4.79 Å². The van der Waals surface area contributed by atoms with Crippen molar-refractivity contribution in [2.24, 2.45) is 11.8 Å². The molecule has 2 heterocycles. The summed E-state index contributed by atoms with van der Waals surface area (Å²) in [6.45, 7) is 5.95. The fourth-order valence-corrected chi connectivity index (χ4v) is 2.82. The van der Waals surface area contributed by atoms with Crippen LogP contribution in [0.4, 0.5) is 5.69 Å². The van der Waals surface area contributed by atoms with E-state index < -0.39 is 17.1 Å². The van der Waals surface area contributed by atoms with Gasteiger partial charge in [0.05, 0.1) is 5.52 Å². The molecule has 8 nitrogen and oxygen atoms in total. The van der Waals surface area contributed by atoms with Gasteiger partial charge in [0.1, 0.15) is 17.5 Å². The van der Waals surface area contributed by atoms with Gasteiger partial charge in [-0.05, 0) is 24.1 Å². The number of anilines is 1. The van der Waals surface area contributed by atoms with E-state index in [0.29, 0.717) is 16.6 Å². The smallest absolute Gasteiger partial charge is 0.342 e. The first-order valence-electron chi connectivity index (χ1n) is 8.67. The second-order valence-corrected chi connectivity index (χ2v) is 6.62. The fourth-order valence-electron chi connectivity index (χ4n) is 2.82. The zero-order valence-electron chi connectivity index (χ0n) is 15.3. The molecule has 0 bridgehead atoms. The Bertz CT molecular complexity index is 1110. The molecule has 2 atom stereocenters. The summed E-state index contributed by atoms with van der Waals surface area (Å²) < 4.78 is 1.10. The molecule has 0 aliphatic heterocycles. The monoisotopic (exact) mass is 368 g/mol. The predicted octanol–water partition coefficient (Wildman–Crippen LogP) is 2.56. The molecular formula is C19H20N4O4. The van der Waals surface area contributed by atoms with Crippen molar-refractivity contribution in [1.82, 2.24) is 14.4 Å². The Morgan fingerprint density at radius 2 is 2.00 bits per heavy atom. The molecule has 0 saturated heterocycles. The first-order valence-corrected chi connectivity index (χ1v) is 8.67. The number of carboxylic acid groups (broad SMARTS) is 1. The van der Waals surface area contributed by atoms with Gasteiger partial charge in [0.15, 0.2) is 0 Å². The van der Waals surface area contributed by atoms with E-state index in [4.69, 9.17) is 5.11 Å². The first kappa shape index (κ1) is 18.5. The van der Waals surface area contributed by atoms with Gasteiger partial charge in [-0.3, -0.25) is 9.59 Å². The first-order chi connectivity index (χ1) is 12.8. The summed E-state index contributed by atoms with van der Waals surface area (Å²) in [6.07, 6.45) is 3.19. The van der Waals surface area contributed by atoms with E-state index in [0.717, 1.165) is 17.0 Å². The summed E-state index contributed by atoms with van der Waals surface area (Å²) in [5.41, 5.74) is 0.287. The van der Waals surface area contributed by atoms with E-state index in [2.05, 4.69) is 15.3 Å². The average Bonchev–Trinajstić information content (AvgIpc) is 2.66. The average molecular weight is 368 g/mol. The molecule has 1 amide bonds. The Morgan fingerprint density at radius 1 is 1.26 bits per heavy atom. The van der Waals surface area contributed by atoms with Crippen LogP contribution in [0.2, 0.25) is 0 Å². The normalized spacial score (nSPS) is 13.4. The van der Waals surface area contributed by atoms with E-state index in [1.807, 2.05) is 20.8 Å². The summed E-state index contributed by atoms with van der Waals surface area (Å²) in [5, 5.41) is 12.5. The van der Waals surface area contributed by atoms with E-state index in [9.17, 15) is 14.4 Å². The maximum Gasteiger partial charge on any atom is 0.342 e. The number of hydrogen-bond donors (Lipinski definition) is 2. The Kier molecular flexibility index (Phi) is 4.89. The van der Waals surface area contributed by atoms with Crippen LogP contribution in [0.1, 0.15) is 37.6 Å². The Hall–Kier alpha value is -3.29. The van der Waals surface area contributed by atoms with Gasteiger partial charge >= 0.3 is 5.97 Å². The zero-order valence-corrected chi connectivity index (χ0v) is 15.3. The Morgan fingerprint density at radius 3 is 2.67 bits per heavy atom. The topological polar surface area (TPSA) is 114 Å². The van der Waals surface area contributed by atoms with E-state index in [-0.39, 0.29) is 23.4 Å². The zero-order chi connectivity index (χ0) is 19.7. The summed E-state index contributed by atoms with van der Waals surface area (Å²) in [6, 6.07) is 5.14. The van der Waals surface area contributed by atoms with Crippen molar-refractivity contribution in [2.75, 3.05) is 5.32 Å². The highest BCUT2D eigenvalue weighted by atomic mass is 16.4. The number of carbonyl (C=O) groups excluding carboxylic acids is 1. The number of aromatic carboxylic acids is 1. The number of benzene rings is 1. The van der Waals surface area contributed by atoms with Crippen molar-refractivity contribution in [3.63, 3.8) is 0 Å². The summed E-state index contributed by atoms with van der Waals surface area (Å²) in [5.74, 6) is -1.32. The van der Waals surface area contributed by atoms with Crippen LogP contribution in [-0.4, -0.2) is 31.4 Å². The summed E-state index contributed by atoms with van der Waals surface area (Å²) >= 11 is 0. The van der Waals surface area contributed by atoms with Crippen molar-refractivity contribution < 1.29 is 14.7 Å². The van der Waals surface area contributed by atoms with Gasteiger partial charge in [0.25, 0.3) is 5.56 Å². The molecule has 1 aromatic carbocycles. The van der Waals surface area contributed by atoms with Crippen molar-refractivity contribution in [2.45, 2.75) is 27.2 Å². The molecular weight excluding hydrogens is 348 g/mol. The number of nitrogens with one attached hydrogen (secondary N) is 1. The predicted molar refractivity (Wildman–Crippen MR) is 101 cm³/mol. The van der Waals surface area contributed by atoms with Crippen LogP contribution in [0, 0.1) is 11.8 Å². The summed E-state index contributed by atoms with van der Waals surface area (Å²) in [7, 11) is 0. The number of carbonyl (C=O) groups is 2. The number of rotatable bonds is 5. The number of carboxylic acids is 1. The van der Waals surface area contributed by atoms with Crippen molar-refractivity contribution in [3.05, 3.63) is 46.6 Å². The summed E-state index contributed by atoms with van der Waals surface area (Å²) in [4.78, 5) is 44.2. The second kappa shape index (κ2) is 7.14. The highest BCUT2D eigenvalue weighted by Gasteiger charge is 2.19. The van der Waals surface area contributed by atoms with Gasteiger partial charge in [0.2, 0.25) is 5.91 Å². The minimum absolute atomic E-state index is 0.0878. The molecule has 0 fully saturated rings. The van der Waals surface area contributed by atoms with Crippen LogP contribution in [0.5, 0.6) is 0 Å². The fraction of sp³-hybridized carbons (Fsp3) is 0.316. The quantitative estimate of drug-likeness (QED) is 0.669. The lowest BCUT2D eigenvalue weighted by atomic mass is 9.93.